The summed E-state index contributed by atoms with van der Waals surface area (Å²) in [5.41, 5.74) is 1.55. The normalized spacial score (nSPS) is 15.4. The van der Waals surface area contributed by atoms with Crippen LogP contribution >= 0.6 is 11.6 Å². The molecule has 1 aromatic rings. The first kappa shape index (κ1) is 14.0. The first-order valence-electron chi connectivity index (χ1n) is 6.45. The molecular formula is C14H18ClNO3. The molecule has 0 amide bonds. The number of halogens is 1. The molecule has 0 spiro atoms. The number of anilines is 1. The van der Waals surface area contributed by atoms with Crippen LogP contribution in [-0.2, 0) is 11.2 Å². The van der Waals surface area contributed by atoms with Crippen LogP contribution in [0.15, 0.2) is 12.1 Å². The number of benzene rings is 1. The Hall–Kier alpha value is -1.42. The molecule has 1 aromatic carbocycles. The summed E-state index contributed by atoms with van der Waals surface area (Å²) in [7, 11) is 1.55. The lowest BCUT2D eigenvalue weighted by atomic mass is 10.1. The van der Waals surface area contributed by atoms with E-state index in [1.165, 1.54) is 6.42 Å². The van der Waals surface area contributed by atoms with Crippen molar-refractivity contribution >= 4 is 23.3 Å². The zero-order valence-corrected chi connectivity index (χ0v) is 11.7. The predicted octanol–water partition coefficient (Wildman–Crippen LogP) is 2.97. The van der Waals surface area contributed by atoms with E-state index in [-0.39, 0.29) is 6.42 Å². The van der Waals surface area contributed by atoms with Crippen molar-refractivity contribution in [2.75, 3.05) is 25.1 Å². The summed E-state index contributed by atoms with van der Waals surface area (Å²) >= 11 is 6.28. The Morgan fingerprint density at radius 1 is 1.37 bits per heavy atom. The number of piperidine rings is 1. The van der Waals surface area contributed by atoms with Gasteiger partial charge in [-0.25, -0.2) is 0 Å². The second-order valence-electron chi connectivity index (χ2n) is 4.73. The summed E-state index contributed by atoms with van der Waals surface area (Å²) in [5, 5.41) is 9.48. The molecule has 1 saturated heterocycles. The second kappa shape index (κ2) is 6.15. The minimum atomic E-state index is -0.889. The lowest BCUT2D eigenvalue weighted by Gasteiger charge is -2.30. The van der Waals surface area contributed by atoms with E-state index in [1.807, 2.05) is 6.07 Å². The average Bonchev–Trinajstić information content (AvgIpc) is 2.39. The van der Waals surface area contributed by atoms with Gasteiger partial charge in [0.25, 0.3) is 0 Å². The van der Waals surface area contributed by atoms with Crippen molar-refractivity contribution in [2.24, 2.45) is 0 Å². The van der Waals surface area contributed by atoms with Crippen LogP contribution in [0.3, 0.4) is 0 Å². The van der Waals surface area contributed by atoms with E-state index in [0.29, 0.717) is 16.3 Å². The van der Waals surface area contributed by atoms with Crippen molar-refractivity contribution in [2.45, 2.75) is 25.7 Å². The summed E-state index contributed by atoms with van der Waals surface area (Å²) < 4.78 is 5.28. The van der Waals surface area contributed by atoms with Crippen LogP contribution in [0.5, 0.6) is 5.75 Å². The molecule has 0 atom stereocenters. The highest BCUT2D eigenvalue weighted by Crippen LogP contribution is 2.35. The first-order chi connectivity index (χ1) is 9.11. The van der Waals surface area contributed by atoms with Gasteiger partial charge in [-0.05, 0) is 25.3 Å². The van der Waals surface area contributed by atoms with Gasteiger partial charge >= 0.3 is 5.97 Å². The minimum absolute atomic E-state index is 0.0802. The van der Waals surface area contributed by atoms with Gasteiger partial charge in [-0.1, -0.05) is 11.6 Å². The Bertz CT molecular complexity index is 470. The molecule has 1 aliphatic heterocycles. The Morgan fingerprint density at radius 2 is 2.05 bits per heavy atom. The number of rotatable bonds is 4. The van der Waals surface area contributed by atoms with Gasteiger partial charge in [0.2, 0.25) is 0 Å². The highest BCUT2D eigenvalue weighted by molar-refractivity contribution is 6.33. The average molecular weight is 284 g/mol. The molecule has 0 aromatic heterocycles. The number of nitrogens with zero attached hydrogens (tertiary/aromatic N) is 1. The van der Waals surface area contributed by atoms with Gasteiger partial charge in [-0.2, -0.15) is 0 Å². The second-order valence-corrected chi connectivity index (χ2v) is 5.14. The fourth-order valence-electron chi connectivity index (χ4n) is 2.45. The molecule has 104 valence electrons. The lowest BCUT2D eigenvalue weighted by molar-refractivity contribution is -0.136. The summed E-state index contributed by atoms with van der Waals surface area (Å²) in [6.45, 7) is 1.97. The molecule has 1 aliphatic rings. The van der Waals surface area contributed by atoms with Crippen LogP contribution in [0, 0.1) is 0 Å². The van der Waals surface area contributed by atoms with Gasteiger partial charge in [0.05, 0.1) is 24.2 Å². The highest BCUT2D eigenvalue weighted by Gasteiger charge is 2.18. The fraction of sp³-hybridized carbons (Fsp3) is 0.500. The standard InChI is InChI=1S/C14H18ClNO3/c1-19-13-9-12(16-5-3-2-4-6-16)11(15)7-10(13)8-14(17)18/h7,9H,2-6,8H2,1H3,(H,17,18). The zero-order valence-electron chi connectivity index (χ0n) is 11.0. The summed E-state index contributed by atoms with van der Waals surface area (Å²) in [6, 6.07) is 3.56. The third-order valence-corrected chi connectivity index (χ3v) is 3.69. The molecular weight excluding hydrogens is 266 g/mol. The van der Waals surface area contributed by atoms with E-state index in [4.69, 9.17) is 21.4 Å². The summed E-state index contributed by atoms with van der Waals surface area (Å²) in [6.07, 6.45) is 3.50. The smallest absolute Gasteiger partial charge is 0.307 e. The van der Waals surface area contributed by atoms with Gasteiger partial charge in [-0.3, -0.25) is 4.79 Å². The largest absolute Gasteiger partial charge is 0.496 e. The first-order valence-corrected chi connectivity index (χ1v) is 6.82. The number of ether oxygens (including phenoxy) is 1. The Labute approximate surface area is 117 Å². The molecule has 1 heterocycles. The molecule has 0 aliphatic carbocycles. The van der Waals surface area contributed by atoms with E-state index in [2.05, 4.69) is 4.90 Å². The molecule has 0 unspecified atom stereocenters. The SMILES string of the molecule is COc1cc(N2CCCCC2)c(Cl)cc1CC(=O)O. The Balaban J connectivity index is 2.32. The van der Waals surface area contributed by atoms with Crippen molar-refractivity contribution < 1.29 is 14.6 Å². The number of aliphatic carboxylic acids is 1. The van der Waals surface area contributed by atoms with Crippen molar-refractivity contribution in [3.05, 3.63) is 22.7 Å². The summed E-state index contributed by atoms with van der Waals surface area (Å²) in [4.78, 5) is 13.1. The van der Waals surface area contributed by atoms with E-state index >= 15 is 0 Å². The topological polar surface area (TPSA) is 49.8 Å². The molecule has 1 fully saturated rings. The molecule has 5 heteroatoms. The maximum atomic E-state index is 10.8. The van der Waals surface area contributed by atoms with E-state index in [0.717, 1.165) is 31.6 Å². The molecule has 0 saturated carbocycles. The number of methoxy groups -OCH3 is 1. The molecule has 0 radical (unpaired) electrons. The molecule has 2 rings (SSSR count). The van der Waals surface area contributed by atoms with Crippen LogP contribution < -0.4 is 9.64 Å². The highest BCUT2D eigenvalue weighted by atomic mass is 35.5. The van der Waals surface area contributed by atoms with E-state index in [9.17, 15) is 4.79 Å². The van der Waals surface area contributed by atoms with Gasteiger partial charge in [0.1, 0.15) is 5.75 Å². The van der Waals surface area contributed by atoms with Crippen LogP contribution in [0.2, 0.25) is 5.02 Å². The zero-order chi connectivity index (χ0) is 13.8. The molecule has 1 N–H and O–H groups in total. The van der Waals surface area contributed by atoms with Gasteiger partial charge in [0, 0.05) is 24.7 Å². The maximum absolute atomic E-state index is 10.8. The van der Waals surface area contributed by atoms with Crippen LogP contribution in [0.25, 0.3) is 0 Å². The van der Waals surface area contributed by atoms with E-state index in [1.54, 1.807) is 13.2 Å². The van der Waals surface area contributed by atoms with Crippen LogP contribution in [0.1, 0.15) is 24.8 Å². The van der Waals surface area contributed by atoms with Crippen molar-refractivity contribution in [3.8, 4) is 5.75 Å². The van der Waals surface area contributed by atoms with Crippen molar-refractivity contribution in [1.29, 1.82) is 0 Å². The number of hydrogen-bond acceptors (Lipinski definition) is 3. The molecule has 4 nitrogen and oxygen atoms in total. The van der Waals surface area contributed by atoms with Gasteiger partial charge < -0.3 is 14.7 Å². The van der Waals surface area contributed by atoms with Crippen LogP contribution in [0.4, 0.5) is 5.69 Å². The third kappa shape index (κ3) is 3.32. The van der Waals surface area contributed by atoms with Crippen LogP contribution in [-0.4, -0.2) is 31.3 Å². The number of carbonyl (C=O) groups is 1. The van der Waals surface area contributed by atoms with Gasteiger partial charge in [0.15, 0.2) is 0 Å². The van der Waals surface area contributed by atoms with Gasteiger partial charge in [-0.15, -0.1) is 0 Å². The minimum Gasteiger partial charge on any atom is -0.496 e. The number of carboxylic acids is 1. The third-order valence-electron chi connectivity index (χ3n) is 3.39. The number of carboxylic acid groups (broad SMARTS) is 1. The summed E-state index contributed by atoms with van der Waals surface area (Å²) in [5.74, 6) is -0.299. The van der Waals surface area contributed by atoms with E-state index < -0.39 is 5.97 Å². The Kier molecular flexibility index (Phi) is 4.53. The fourth-order valence-corrected chi connectivity index (χ4v) is 2.76. The lowest BCUT2D eigenvalue weighted by Crippen LogP contribution is -2.29. The molecule has 19 heavy (non-hydrogen) atoms. The maximum Gasteiger partial charge on any atom is 0.307 e. The molecule has 0 bridgehead atoms. The quantitative estimate of drug-likeness (QED) is 0.923. The predicted molar refractivity (Wildman–Crippen MR) is 75.4 cm³/mol. The van der Waals surface area contributed by atoms with Crippen molar-refractivity contribution in [3.63, 3.8) is 0 Å². The Morgan fingerprint density at radius 3 is 2.63 bits per heavy atom. The monoisotopic (exact) mass is 283 g/mol. The number of hydrogen-bond donors (Lipinski definition) is 1. The van der Waals surface area contributed by atoms with Crippen molar-refractivity contribution in [1.82, 2.24) is 0 Å².